The molecule has 0 radical (unpaired) electrons. The third kappa shape index (κ3) is 4.10. The van der Waals surface area contributed by atoms with E-state index in [2.05, 4.69) is 16.8 Å². The number of thiazole rings is 1. The Balaban J connectivity index is 2.01. The maximum atomic E-state index is 14.2. The van der Waals surface area contributed by atoms with E-state index < -0.39 is 0 Å². The van der Waals surface area contributed by atoms with Gasteiger partial charge in [-0.05, 0) is 52.3 Å². The van der Waals surface area contributed by atoms with Crippen LogP contribution in [0.25, 0.3) is 11.3 Å². The third-order valence-corrected chi connectivity index (χ3v) is 6.17. The first-order valence-electron chi connectivity index (χ1n) is 8.53. The van der Waals surface area contributed by atoms with Gasteiger partial charge in [-0.2, -0.15) is 0 Å². The Morgan fingerprint density at radius 2 is 2.24 bits per heavy atom. The summed E-state index contributed by atoms with van der Waals surface area (Å²) in [6.07, 6.45) is 2.70. The number of rotatable bonds is 5. The zero-order valence-corrected chi connectivity index (χ0v) is 16.3. The van der Waals surface area contributed by atoms with Crippen molar-refractivity contribution in [1.82, 2.24) is 9.88 Å². The summed E-state index contributed by atoms with van der Waals surface area (Å²) in [6.45, 7) is 7.29. The number of nitrogens with zero attached hydrogens (tertiary/aromatic N) is 2. The lowest BCUT2D eigenvalue weighted by atomic mass is 10.1. The van der Waals surface area contributed by atoms with Crippen LogP contribution < -0.4 is 0 Å². The van der Waals surface area contributed by atoms with Crippen molar-refractivity contribution in [3.8, 4) is 11.3 Å². The molecule has 1 saturated heterocycles. The molecule has 1 aromatic heterocycles. The standard InChI is InChI=1S/C19H22ClFN2OS/c1-11-5-4-6-23(11)10-17-19(22-18(25-17)7-12(2)24)14-8-15(20)13(3)16(21)9-14/h8-9,11H,4-7,10H2,1-3H3/t11-/m1/s1. The lowest BCUT2D eigenvalue weighted by Crippen LogP contribution is -2.25. The van der Waals surface area contributed by atoms with Crippen LogP contribution in [-0.4, -0.2) is 28.3 Å². The number of hydrogen-bond donors (Lipinski definition) is 0. The Morgan fingerprint density at radius 1 is 1.48 bits per heavy atom. The number of carbonyl (C=O) groups is 1. The minimum Gasteiger partial charge on any atom is -0.300 e. The maximum absolute atomic E-state index is 14.2. The molecule has 1 atom stereocenters. The van der Waals surface area contributed by atoms with Gasteiger partial charge in [0.1, 0.15) is 16.6 Å². The molecule has 0 aliphatic carbocycles. The van der Waals surface area contributed by atoms with Crippen LogP contribution in [0.4, 0.5) is 4.39 Å². The molecule has 0 unspecified atom stereocenters. The third-order valence-electron chi connectivity index (χ3n) is 4.73. The van der Waals surface area contributed by atoms with Gasteiger partial charge in [0.25, 0.3) is 0 Å². The molecule has 1 aliphatic heterocycles. The zero-order chi connectivity index (χ0) is 18.1. The number of hydrogen-bond acceptors (Lipinski definition) is 4. The highest BCUT2D eigenvalue weighted by Crippen LogP contribution is 2.34. The zero-order valence-electron chi connectivity index (χ0n) is 14.7. The molecule has 25 heavy (non-hydrogen) atoms. The van der Waals surface area contributed by atoms with Gasteiger partial charge in [-0.25, -0.2) is 9.37 Å². The second-order valence-corrected chi connectivity index (χ2v) is 8.36. The van der Waals surface area contributed by atoms with Gasteiger partial charge in [0.15, 0.2) is 0 Å². The Kier molecular flexibility index (Phi) is 5.56. The summed E-state index contributed by atoms with van der Waals surface area (Å²) in [4.78, 5) is 19.6. The average molecular weight is 381 g/mol. The first-order chi connectivity index (χ1) is 11.8. The molecule has 2 heterocycles. The number of carbonyl (C=O) groups excluding carboxylic acids is 1. The molecule has 0 bridgehead atoms. The fraction of sp³-hybridized carbons (Fsp3) is 0.474. The topological polar surface area (TPSA) is 33.2 Å². The van der Waals surface area contributed by atoms with E-state index in [-0.39, 0.29) is 11.6 Å². The summed E-state index contributed by atoms with van der Waals surface area (Å²) in [5.74, 6) is -0.251. The molecular weight excluding hydrogens is 359 g/mol. The molecule has 0 saturated carbocycles. The van der Waals surface area contributed by atoms with Crippen molar-refractivity contribution in [1.29, 1.82) is 0 Å². The lowest BCUT2D eigenvalue weighted by molar-refractivity contribution is -0.116. The van der Waals surface area contributed by atoms with Gasteiger partial charge >= 0.3 is 0 Å². The van der Waals surface area contributed by atoms with Crippen molar-refractivity contribution < 1.29 is 9.18 Å². The van der Waals surface area contributed by atoms with Gasteiger partial charge in [0.2, 0.25) is 0 Å². The number of ketones is 1. The molecule has 3 rings (SSSR count). The summed E-state index contributed by atoms with van der Waals surface area (Å²) < 4.78 is 14.2. The Bertz CT molecular complexity index is 782. The predicted octanol–water partition coefficient (Wildman–Crippen LogP) is 5.03. The van der Waals surface area contributed by atoms with E-state index in [1.165, 1.54) is 18.9 Å². The van der Waals surface area contributed by atoms with Crippen LogP contribution in [-0.2, 0) is 17.8 Å². The molecule has 0 spiro atoms. The van der Waals surface area contributed by atoms with E-state index in [9.17, 15) is 9.18 Å². The average Bonchev–Trinajstić information content (AvgIpc) is 3.11. The summed E-state index contributed by atoms with van der Waals surface area (Å²) in [5.41, 5.74) is 1.88. The van der Waals surface area contributed by atoms with Crippen molar-refractivity contribution in [2.24, 2.45) is 0 Å². The van der Waals surface area contributed by atoms with Gasteiger partial charge in [-0.3, -0.25) is 9.69 Å². The summed E-state index contributed by atoms with van der Waals surface area (Å²) in [7, 11) is 0. The van der Waals surface area contributed by atoms with Crippen molar-refractivity contribution in [3.63, 3.8) is 0 Å². The number of likely N-dealkylation sites (tertiary alicyclic amines) is 1. The van der Waals surface area contributed by atoms with Crippen LogP contribution in [0.5, 0.6) is 0 Å². The fourth-order valence-corrected chi connectivity index (χ4v) is 4.61. The van der Waals surface area contributed by atoms with E-state index in [0.717, 1.165) is 28.7 Å². The first kappa shape index (κ1) is 18.5. The van der Waals surface area contributed by atoms with Crippen molar-refractivity contribution in [3.05, 3.63) is 38.4 Å². The normalized spacial score (nSPS) is 18.0. The smallest absolute Gasteiger partial charge is 0.136 e. The molecule has 1 fully saturated rings. The highest BCUT2D eigenvalue weighted by molar-refractivity contribution is 7.12. The molecular formula is C19H22ClFN2OS. The number of aromatic nitrogens is 1. The number of halogens is 2. The van der Waals surface area contributed by atoms with Crippen molar-refractivity contribution in [2.75, 3.05) is 6.54 Å². The molecule has 134 valence electrons. The van der Waals surface area contributed by atoms with Crippen LogP contribution in [0.3, 0.4) is 0 Å². The van der Waals surface area contributed by atoms with Crippen LogP contribution in [0, 0.1) is 12.7 Å². The number of benzene rings is 1. The Labute approximate surface area is 156 Å². The van der Waals surface area contributed by atoms with Gasteiger partial charge in [-0.15, -0.1) is 11.3 Å². The monoisotopic (exact) mass is 380 g/mol. The maximum Gasteiger partial charge on any atom is 0.136 e. The van der Waals surface area contributed by atoms with E-state index in [4.69, 9.17) is 11.6 Å². The van der Waals surface area contributed by atoms with Crippen LogP contribution in [0.2, 0.25) is 5.02 Å². The van der Waals surface area contributed by atoms with Crippen LogP contribution in [0.1, 0.15) is 42.1 Å². The molecule has 3 nitrogen and oxygen atoms in total. The predicted molar refractivity (Wildman–Crippen MR) is 101 cm³/mol. The van der Waals surface area contributed by atoms with Crippen molar-refractivity contribution >= 4 is 28.7 Å². The van der Waals surface area contributed by atoms with Crippen LogP contribution >= 0.6 is 22.9 Å². The lowest BCUT2D eigenvalue weighted by Gasteiger charge is -2.20. The minimum absolute atomic E-state index is 0.0782. The molecule has 2 aromatic rings. The minimum atomic E-state index is -0.330. The number of Topliss-reactive ketones (excluding diaryl/α,β-unsaturated/α-hetero) is 1. The van der Waals surface area contributed by atoms with Gasteiger partial charge in [-0.1, -0.05) is 11.6 Å². The van der Waals surface area contributed by atoms with E-state index in [1.54, 1.807) is 31.3 Å². The molecule has 1 aliphatic rings. The Morgan fingerprint density at radius 3 is 2.84 bits per heavy atom. The van der Waals surface area contributed by atoms with Gasteiger partial charge in [0, 0.05) is 33.6 Å². The van der Waals surface area contributed by atoms with E-state index >= 15 is 0 Å². The SMILES string of the molecule is CC(=O)Cc1nc(-c2cc(F)c(C)c(Cl)c2)c(CN2CCC[C@H]2C)s1. The first-order valence-corrected chi connectivity index (χ1v) is 9.72. The Hall–Kier alpha value is -1.30. The summed E-state index contributed by atoms with van der Waals surface area (Å²) in [6, 6.07) is 3.79. The fourth-order valence-electron chi connectivity index (χ4n) is 3.22. The quantitative estimate of drug-likeness (QED) is 0.729. The van der Waals surface area contributed by atoms with Gasteiger partial charge in [0.05, 0.1) is 12.1 Å². The largest absolute Gasteiger partial charge is 0.300 e. The molecule has 6 heteroatoms. The van der Waals surface area contributed by atoms with Crippen LogP contribution in [0.15, 0.2) is 12.1 Å². The molecule has 0 N–H and O–H groups in total. The highest BCUT2D eigenvalue weighted by Gasteiger charge is 2.24. The molecule has 0 amide bonds. The highest BCUT2D eigenvalue weighted by atomic mass is 35.5. The van der Waals surface area contributed by atoms with Crippen molar-refractivity contribution in [2.45, 2.75) is 52.6 Å². The molecule has 1 aromatic carbocycles. The van der Waals surface area contributed by atoms with E-state index in [1.807, 2.05) is 0 Å². The van der Waals surface area contributed by atoms with Gasteiger partial charge < -0.3 is 0 Å². The second kappa shape index (κ2) is 7.52. The summed E-state index contributed by atoms with van der Waals surface area (Å²) >= 11 is 7.73. The van der Waals surface area contributed by atoms with E-state index in [0.29, 0.717) is 28.6 Å². The second-order valence-electron chi connectivity index (χ2n) is 6.78. The summed E-state index contributed by atoms with van der Waals surface area (Å²) in [5, 5.41) is 1.18.